The second-order valence-corrected chi connectivity index (χ2v) is 6.14. The third kappa shape index (κ3) is 7.11. The van der Waals surface area contributed by atoms with Crippen molar-refractivity contribution in [2.75, 3.05) is 51.2 Å². The average Bonchev–Trinajstić information content (AvgIpc) is 2.66. The fraction of sp³-hybridized carbons (Fsp3) is 0.556. The number of rotatable bonds is 6. The molecule has 0 bridgehead atoms. The Labute approximate surface area is 176 Å². The van der Waals surface area contributed by atoms with Gasteiger partial charge in [0.15, 0.2) is 5.96 Å². The molecule has 1 aromatic rings. The number of halogens is 3. The van der Waals surface area contributed by atoms with E-state index < -0.39 is 11.6 Å². The molecule has 1 heterocycles. The quantitative estimate of drug-likeness (QED) is 0.361. The summed E-state index contributed by atoms with van der Waals surface area (Å²) in [6, 6.07) is 3.51. The summed E-state index contributed by atoms with van der Waals surface area (Å²) < 4.78 is 27.3. The zero-order valence-corrected chi connectivity index (χ0v) is 18.1. The molecule has 0 spiro atoms. The first-order chi connectivity index (χ1) is 12.5. The van der Waals surface area contributed by atoms with Gasteiger partial charge in [0.05, 0.1) is 5.69 Å². The van der Waals surface area contributed by atoms with Crippen LogP contribution in [0, 0.1) is 11.6 Å². The lowest BCUT2D eigenvalue weighted by Gasteiger charge is -2.37. The van der Waals surface area contributed by atoms with Crippen LogP contribution in [-0.4, -0.2) is 63.1 Å². The Morgan fingerprint density at radius 1 is 1.15 bits per heavy atom. The predicted molar refractivity (Wildman–Crippen MR) is 115 cm³/mol. The number of carbonyl (C=O) groups excluding carboxylic acids is 1. The van der Waals surface area contributed by atoms with Crippen molar-refractivity contribution in [2.24, 2.45) is 4.99 Å². The Hall–Kier alpha value is -1.65. The normalized spacial score (nSPS) is 14.6. The van der Waals surface area contributed by atoms with Gasteiger partial charge in [-0.2, -0.15) is 0 Å². The van der Waals surface area contributed by atoms with Gasteiger partial charge in [-0.05, 0) is 18.6 Å². The Kier molecular flexibility index (Phi) is 10.3. The summed E-state index contributed by atoms with van der Waals surface area (Å²) in [5, 5.41) is 6.02. The van der Waals surface area contributed by atoms with Crippen molar-refractivity contribution < 1.29 is 13.6 Å². The molecule has 2 rings (SSSR count). The molecule has 6 nitrogen and oxygen atoms in total. The summed E-state index contributed by atoms with van der Waals surface area (Å²) in [6.07, 6.45) is 1.30. The number of amides is 1. The first-order valence-electron chi connectivity index (χ1n) is 8.97. The molecular weight excluding hydrogens is 467 g/mol. The van der Waals surface area contributed by atoms with Gasteiger partial charge in [0, 0.05) is 58.8 Å². The molecule has 0 unspecified atom stereocenters. The minimum atomic E-state index is -0.442. The van der Waals surface area contributed by atoms with Crippen LogP contribution in [0.4, 0.5) is 14.5 Å². The molecule has 1 amide bonds. The van der Waals surface area contributed by atoms with E-state index in [9.17, 15) is 13.6 Å². The summed E-state index contributed by atoms with van der Waals surface area (Å²) in [4.78, 5) is 19.8. The zero-order chi connectivity index (χ0) is 18.9. The van der Waals surface area contributed by atoms with E-state index >= 15 is 0 Å². The zero-order valence-electron chi connectivity index (χ0n) is 15.8. The highest BCUT2D eigenvalue weighted by Crippen LogP contribution is 2.21. The first-order valence-corrected chi connectivity index (χ1v) is 8.97. The second-order valence-electron chi connectivity index (χ2n) is 6.14. The van der Waals surface area contributed by atoms with Crippen LogP contribution in [0.3, 0.4) is 0 Å². The highest BCUT2D eigenvalue weighted by molar-refractivity contribution is 14.0. The highest BCUT2D eigenvalue weighted by atomic mass is 127. The van der Waals surface area contributed by atoms with E-state index in [2.05, 4.69) is 20.5 Å². The molecule has 0 atom stereocenters. The SMILES string of the molecule is CCCNC(=O)CCNC(=NC)N1CCN(c2cc(F)ccc2F)CC1.I. The minimum Gasteiger partial charge on any atom is -0.366 e. The van der Waals surface area contributed by atoms with Gasteiger partial charge in [-0.15, -0.1) is 24.0 Å². The standard InChI is InChI=1S/C18H27F2N5O.HI/c1-3-7-22-17(26)6-8-23-18(21-2)25-11-9-24(10-12-25)16-13-14(19)4-5-15(16)20;/h4-5,13H,3,6-12H2,1-2H3,(H,21,23)(H,22,26);1H. The number of benzene rings is 1. The molecular formula is C18H28F2IN5O. The summed E-state index contributed by atoms with van der Waals surface area (Å²) in [5.41, 5.74) is 0.292. The largest absolute Gasteiger partial charge is 0.366 e. The molecule has 1 saturated heterocycles. The number of nitrogens with one attached hydrogen (secondary N) is 2. The Bertz CT molecular complexity index is 636. The third-order valence-electron chi connectivity index (χ3n) is 4.25. The molecule has 1 aliphatic heterocycles. The van der Waals surface area contributed by atoms with Gasteiger partial charge in [-0.3, -0.25) is 9.79 Å². The van der Waals surface area contributed by atoms with Crippen LogP contribution in [0.2, 0.25) is 0 Å². The van der Waals surface area contributed by atoms with Gasteiger partial charge in [0.2, 0.25) is 5.91 Å². The fourth-order valence-corrected chi connectivity index (χ4v) is 2.86. The van der Waals surface area contributed by atoms with Crippen LogP contribution in [-0.2, 0) is 4.79 Å². The second kappa shape index (κ2) is 11.9. The lowest BCUT2D eigenvalue weighted by atomic mass is 10.2. The van der Waals surface area contributed by atoms with Crippen LogP contribution >= 0.6 is 24.0 Å². The molecule has 1 fully saturated rings. The molecule has 9 heteroatoms. The summed E-state index contributed by atoms with van der Waals surface area (Å²) in [7, 11) is 1.69. The van der Waals surface area contributed by atoms with Crippen molar-refractivity contribution in [1.82, 2.24) is 15.5 Å². The summed E-state index contributed by atoms with van der Waals surface area (Å²) in [5.74, 6) is -0.128. The van der Waals surface area contributed by atoms with E-state index in [4.69, 9.17) is 0 Å². The van der Waals surface area contributed by atoms with Crippen LogP contribution in [0.5, 0.6) is 0 Å². The van der Waals surface area contributed by atoms with E-state index in [1.807, 2.05) is 11.8 Å². The molecule has 152 valence electrons. The predicted octanol–water partition coefficient (Wildman–Crippen LogP) is 2.20. The van der Waals surface area contributed by atoms with Gasteiger partial charge in [0.25, 0.3) is 0 Å². The maximum Gasteiger partial charge on any atom is 0.221 e. The van der Waals surface area contributed by atoms with Crippen molar-refractivity contribution in [2.45, 2.75) is 19.8 Å². The van der Waals surface area contributed by atoms with Crippen LogP contribution < -0.4 is 15.5 Å². The summed E-state index contributed by atoms with van der Waals surface area (Å²) in [6.45, 7) is 5.61. The molecule has 1 aromatic carbocycles. The Morgan fingerprint density at radius 2 is 1.85 bits per heavy atom. The maximum atomic E-state index is 13.9. The number of hydrogen-bond donors (Lipinski definition) is 2. The molecule has 2 N–H and O–H groups in total. The van der Waals surface area contributed by atoms with E-state index in [-0.39, 0.29) is 29.9 Å². The van der Waals surface area contributed by atoms with Crippen LogP contribution in [0.25, 0.3) is 0 Å². The number of hydrogen-bond acceptors (Lipinski definition) is 3. The number of guanidine groups is 1. The number of nitrogens with zero attached hydrogens (tertiary/aromatic N) is 3. The van der Waals surface area contributed by atoms with Crippen LogP contribution in [0.1, 0.15) is 19.8 Å². The number of piperazine rings is 1. The molecule has 0 aliphatic carbocycles. The smallest absolute Gasteiger partial charge is 0.221 e. The van der Waals surface area contributed by atoms with Crippen LogP contribution in [0.15, 0.2) is 23.2 Å². The van der Waals surface area contributed by atoms with Crippen molar-refractivity contribution in [1.29, 1.82) is 0 Å². The molecule has 27 heavy (non-hydrogen) atoms. The van der Waals surface area contributed by atoms with Gasteiger partial charge in [0.1, 0.15) is 11.6 Å². The average molecular weight is 495 g/mol. The Morgan fingerprint density at radius 3 is 2.48 bits per heavy atom. The summed E-state index contributed by atoms with van der Waals surface area (Å²) >= 11 is 0. The molecule has 0 radical (unpaired) electrons. The molecule has 1 aliphatic rings. The minimum absolute atomic E-state index is 0. The highest BCUT2D eigenvalue weighted by Gasteiger charge is 2.22. The lowest BCUT2D eigenvalue weighted by molar-refractivity contribution is -0.120. The van der Waals surface area contributed by atoms with Gasteiger partial charge < -0.3 is 20.4 Å². The monoisotopic (exact) mass is 495 g/mol. The fourth-order valence-electron chi connectivity index (χ4n) is 2.86. The molecule has 0 saturated carbocycles. The van der Waals surface area contributed by atoms with E-state index in [0.717, 1.165) is 18.6 Å². The van der Waals surface area contributed by atoms with Crippen molar-refractivity contribution in [3.05, 3.63) is 29.8 Å². The lowest BCUT2D eigenvalue weighted by Crippen LogP contribution is -2.53. The van der Waals surface area contributed by atoms with Gasteiger partial charge >= 0.3 is 0 Å². The van der Waals surface area contributed by atoms with E-state index in [0.29, 0.717) is 57.3 Å². The van der Waals surface area contributed by atoms with E-state index in [1.165, 1.54) is 6.07 Å². The third-order valence-corrected chi connectivity index (χ3v) is 4.25. The number of carbonyl (C=O) groups is 1. The van der Waals surface area contributed by atoms with Crippen molar-refractivity contribution in [3.8, 4) is 0 Å². The van der Waals surface area contributed by atoms with Crippen molar-refractivity contribution in [3.63, 3.8) is 0 Å². The molecule has 0 aromatic heterocycles. The number of aliphatic imine (C=N–C) groups is 1. The van der Waals surface area contributed by atoms with Crippen molar-refractivity contribution >= 4 is 41.5 Å². The maximum absolute atomic E-state index is 13.9. The Balaban J connectivity index is 0.00000364. The van der Waals surface area contributed by atoms with Gasteiger partial charge in [-0.25, -0.2) is 8.78 Å². The topological polar surface area (TPSA) is 60.0 Å². The first kappa shape index (κ1) is 23.4. The van der Waals surface area contributed by atoms with Gasteiger partial charge in [-0.1, -0.05) is 6.92 Å². The number of anilines is 1. The van der Waals surface area contributed by atoms with E-state index in [1.54, 1.807) is 7.05 Å².